The molecule has 11 heteroatoms. The molecule has 0 saturated carbocycles. The second-order valence-corrected chi connectivity index (χ2v) is 9.80. The predicted octanol–water partition coefficient (Wildman–Crippen LogP) is 0.577. The van der Waals surface area contributed by atoms with Crippen molar-refractivity contribution in [1.29, 1.82) is 0 Å². The van der Waals surface area contributed by atoms with Gasteiger partial charge >= 0.3 is 7.75 Å². The van der Waals surface area contributed by atoms with E-state index >= 15 is 0 Å². The maximum absolute atomic E-state index is 12.6. The lowest BCUT2D eigenvalue weighted by Gasteiger charge is -2.27. The van der Waals surface area contributed by atoms with Crippen molar-refractivity contribution >= 4 is 7.75 Å². The lowest BCUT2D eigenvalue weighted by atomic mass is 10.1. The summed E-state index contributed by atoms with van der Waals surface area (Å²) >= 11 is 0. The van der Waals surface area contributed by atoms with Gasteiger partial charge in [0.25, 0.3) is 0 Å². The summed E-state index contributed by atoms with van der Waals surface area (Å²) in [5.41, 5.74) is 0. The van der Waals surface area contributed by atoms with E-state index in [2.05, 4.69) is 5.09 Å². The van der Waals surface area contributed by atoms with Crippen LogP contribution in [0.2, 0.25) is 0 Å². The zero-order valence-corrected chi connectivity index (χ0v) is 18.8. The highest BCUT2D eigenvalue weighted by Gasteiger charge is 2.47. The van der Waals surface area contributed by atoms with Gasteiger partial charge in [0.2, 0.25) is 0 Å². The second-order valence-electron chi connectivity index (χ2n) is 8.24. The van der Waals surface area contributed by atoms with Gasteiger partial charge in [0.1, 0.15) is 18.3 Å². The van der Waals surface area contributed by atoms with Crippen LogP contribution >= 0.6 is 7.75 Å². The molecule has 0 aromatic rings. The van der Waals surface area contributed by atoms with Crippen LogP contribution in [0.25, 0.3) is 0 Å². The van der Waals surface area contributed by atoms with Crippen molar-refractivity contribution in [2.75, 3.05) is 13.2 Å². The maximum Gasteiger partial charge on any atom is 0.403 e. The Balaban J connectivity index is 1.96. The summed E-state index contributed by atoms with van der Waals surface area (Å²) in [6.07, 6.45) is -5.04. The first-order valence-corrected chi connectivity index (χ1v) is 11.7. The highest BCUT2D eigenvalue weighted by atomic mass is 31.2. The van der Waals surface area contributed by atoms with Crippen molar-refractivity contribution < 1.29 is 43.1 Å². The van der Waals surface area contributed by atoms with E-state index in [4.69, 9.17) is 23.5 Å². The molecule has 9 atom stereocenters. The molecule has 10 nitrogen and oxygen atoms in total. The van der Waals surface area contributed by atoms with Gasteiger partial charge in [-0.25, -0.2) is 9.65 Å². The van der Waals surface area contributed by atoms with Gasteiger partial charge in [0, 0.05) is 0 Å². The molecule has 0 aromatic heterocycles. The van der Waals surface area contributed by atoms with E-state index in [9.17, 15) is 19.7 Å². The van der Waals surface area contributed by atoms with E-state index in [1.807, 2.05) is 27.7 Å². The molecule has 0 bridgehead atoms. The normalized spacial score (nSPS) is 40.1. The van der Waals surface area contributed by atoms with Gasteiger partial charge in [0.05, 0.1) is 55.9 Å². The van der Waals surface area contributed by atoms with Gasteiger partial charge in [-0.3, -0.25) is 4.52 Å². The molecule has 2 rings (SSSR count). The molecular weight excluding hydrogens is 405 g/mol. The summed E-state index contributed by atoms with van der Waals surface area (Å²) in [7, 11) is -4.31. The smallest absolute Gasteiger partial charge is 0.389 e. The zero-order chi connectivity index (χ0) is 21.9. The zero-order valence-electron chi connectivity index (χ0n) is 17.9. The van der Waals surface area contributed by atoms with Crippen LogP contribution in [0.1, 0.15) is 41.5 Å². The molecular formula is C18H36NO9P. The van der Waals surface area contributed by atoms with Crippen LogP contribution in [-0.4, -0.2) is 89.3 Å². The average Bonchev–Trinajstić information content (AvgIpc) is 3.02. The Bertz CT molecular complexity index is 563. The summed E-state index contributed by atoms with van der Waals surface area (Å²) in [5, 5.41) is 23.0. The van der Waals surface area contributed by atoms with Crippen LogP contribution in [-0.2, 0) is 28.0 Å². The Morgan fingerprint density at radius 1 is 0.966 bits per heavy atom. The van der Waals surface area contributed by atoms with Gasteiger partial charge < -0.3 is 34.1 Å². The van der Waals surface area contributed by atoms with Gasteiger partial charge in [-0.1, -0.05) is 0 Å². The standard InChI is InChI=1S/C18H36NO9P/c1-9(2)24-7-13-15(16(20)11(5)27-13)19-29(22,23)25-8-14-18(26-10(3)4)17(21)12(6)28-14/h9-18,20-21H,7-8H2,1-6H3,(H2,19,22,23)/t11-,12-,13+,14+,15-,16?,17?,18-/m0/s1. The van der Waals surface area contributed by atoms with Gasteiger partial charge in [-0.15, -0.1) is 0 Å². The van der Waals surface area contributed by atoms with Crippen molar-refractivity contribution in [2.24, 2.45) is 0 Å². The van der Waals surface area contributed by atoms with Crippen LogP contribution < -0.4 is 5.09 Å². The summed E-state index contributed by atoms with van der Waals surface area (Å²) in [5.74, 6) is 0. The van der Waals surface area contributed by atoms with Crippen molar-refractivity contribution in [2.45, 2.75) is 103 Å². The molecule has 2 fully saturated rings. The van der Waals surface area contributed by atoms with Crippen molar-refractivity contribution in [1.82, 2.24) is 5.09 Å². The lowest BCUT2D eigenvalue weighted by molar-refractivity contribution is -0.0760. The summed E-state index contributed by atoms with van der Waals surface area (Å²) in [6, 6.07) is -0.837. The predicted molar refractivity (Wildman–Crippen MR) is 104 cm³/mol. The Kier molecular flexibility index (Phi) is 9.06. The fourth-order valence-corrected chi connectivity index (χ4v) is 4.60. The number of nitrogens with one attached hydrogen (secondary N) is 1. The molecule has 29 heavy (non-hydrogen) atoms. The number of rotatable bonds is 10. The lowest BCUT2D eigenvalue weighted by Crippen LogP contribution is -2.45. The average molecular weight is 441 g/mol. The topological polar surface area (TPSA) is 136 Å². The van der Waals surface area contributed by atoms with E-state index in [-0.39, 0.29) is 25.4 Å². The summed E-state index contributed by atoms with van der Waals surface area (Å²) in [4.78, 5) is 10.3. The summed E-state index contributed by atoms with van der Waals surface area (Å²) in [6.45, 7) is 10.7. The Morgan fingerprint density at radius 2 is 1.55 bits per heavy atom. The number of hydrogen-bond acceptors (Lipinski definition) is 8. The first-order valence-electron chi connectivity index (χ1n) is 10.1. The first-order chi connectivity index (χ1) is 13.4. The molecule has 4 N–H and O–H groups in total. The van der Waals surface area contributed by atoms with Crippen LogP contribution in [0.4, 0.5) is 0 Å². The molecule has 0 radical (unpaired) electrons. The van der Waals surface area contributed by atoms with E-state index in [1.165, 1.54) is 0 Å². The first kappa shape index (κ1) is 25.1. The molecule has 0 amide bonds. The Hall–Kier alpha value is -0.130. The fraction of sp³-hybridized carbons (Fsp3) is 1.00. The third-order valence-corrected chi connectivity index (χ3v) is 6.08. The molecule has 0 aromatic carbocycles. The van der Waals surface area contributed by atoms with Crippen LogP contribution in [0.15, 0.2) is 0 Å². The second kappa shape index (κ2) is 10.5. The largest absolute Gasteiger partial charge is 0.403 e. The van der Waals surface area contributed by atoms with E-state index in [1.54, 1.807) is 13.8 Å². The van der Waals surface area contributed by atoms with Crippen LogP contribution in [0, 0.1) is 0 Å². The number of aliphatic hydroxyl groups is 2. The molecule has 2 heterocycles. The fourth-order valence-electron chi connectivity index (χ4n) is 3.48. The minimum absolute atomic E-state index is 0.0460. The maximum atomic E-state index is 12.6. The van der Waals surface area contributed by atoms with E-state index in [0.29, 0.717) is 0 Å². The van der Waals surface area contributed by atoms with E-state index in [0.717, 1.165) is 0 Å². The highest BCUT2D eigenvalue weighted by Crippen LogP contribution is 2.41. The minimum Gasteiger partial charge on any atom is -0.389 e. The molecule has 2 aliphatic heterocycles. The van der Waals surface area contributed by atoms with Crippen molar-refractivity contribution in [3.8, 4) is 0 Å². The van der Waals surface area contributed by atoms with Gasteiger partial charge in [0.15, 0.2) is 0 Å². The number of hydrogen-bond donors (Lipinski definition) is 4. The third-order valence-electron chi connectivity index (χ3n) is 4.96. The molecule has 2 aliphatic rings. The molecule has 0 spiro atoms. The molecule has 0 aliphatic carbocycles. The van der Waals surface area contributed by atoms with Crippen molar-refractivity contribution in [3.63, 3.8) is 0 Å². The minimum atomic E-state index is -4.31. The highest BCUT2D eigenvalue weighted by molar-refractivity contribution is 7.50. The quantitative estimate of drug-likeness (QED) is 0.356. The van der Waals surface area contributed by atoms with Crippen LogP contribution in [0.3, 0.4) is 0 Å². The molecule has 2 saturated heterocycles. The number of ether oxygens (including phenoxy) is 4. The SMILES string of the molecule is CC(C)OC[C@H]1O[C@@H](C)C(O)[C@H]1NP(=O)(O)OC[C@H]1O[C@@H](C)C(O)[C@H]1OC(C)C. The third kappa shape index (κ3) is 6.93. The Labute approximate surface area is 172 Å². The molecule has 3 unspecified atom stereocenters. The Morgan fingerprint density at radius 3 is 2.14 bits per heavy atom. The van der Waals surface area contributed by atoms with Gasteiger partial charge in [-0.05, 0) is 41.5 Å². The van der Waals surface area contributed by atoms with Crippen LogP contribution in [0.5, 0.6) is 0 Å². The molecule has 172 valence electrons. The van der Waals surface area contributed by atoms with Crippen molar-refractivity contribution in [3.05, 3.63) is 0 Å². The van der Waals surface area contributed by atoms with Gasteiger partial charge in [-0.2, -0.15) is 0 Å². The van der Waals surface area contributed by atoms with E-state index < -0.39 is 56.5 Å². The monoisotopic (exact) mass is 441 g/mol. The number of aliphatic hydroxyl groups excluding tert-OH is 2. The summed E-state index contributed by atoms with van der Waals surface area (Å²) < 4.78 is 40.3.